The van der Waals surface area contributed by atoms with E-state index in [1.165, 1.54) is 0 Å². The smallest absolute Gasteiger partial charge is 0.375 e. The minimum atomic E-state index is -3.90. The number of aliphatic carboxylic acids is 1. The van der Waals surface area contributed by atoms with Gasteiger partial charge in [0.25, 0.3) is 0 Å². The van der Waals surface area contributed by atoms with Crippen molar-refractivity contribution in [1.82, 2.24) is 5.32 Å². The Morgan fingerprint density at radius 2 is 2.07 bits per heavy atom. The van der Waals surface area contributed by atoms with Gasteiger partial charge in [-0.15, -0.1) is 0 Å². The molecule has 0 unspecified atom stereocenters. The maximum Gasteiger partial charge on any atom is 0.375 e. The molecular formula is C6H9F4NO3. The molecule has 0 aromatic carbocycles. The summed E-state index contributed by atoms with van der Waals surface area (Å²) in [5.41, 5.74) is 0. The molecule has 0 saturated heterocycles. The third-order valence-electron chi connectivity index (χ3n) is 1.18. The first-order valence-corrected chi connectivity index (χ1v) is 3.58. The Morgan fingerprint density at radius 1 is 1.50 bits per heavy atom. The minimum Gasteiger partial charge on any atom is -0.477 e. The van der Waals surface area contributed by atoms with Crippen molar-refractivity contribution in [2.24, 2.45) is 0 Å². The number of alkyl halides is 4. The lowest BCUT2D eigenvalue weighted by Gasteiger charge is -2.11. The van der Waals surface area contributed by atoms with Crippen molar-refractivity contribution >= 4 is 5.97 Å². The van der Waals surface area contributed by atoms with Gasteiger partial charge in [-0.2, -0.15) is 17.6 Å². The zero-order valence-corrected chi connectivity index (χ0v) is 6.97. The van der Waals surface area contributed by atoms with Crippen LogP contribution in [-0.2, 0) is 9.53 Å². The number of hydrogen-bond donors (Lipinski definition) is 2. The van der Waals surface area contributed by atoms with Gasteiger partial charge in [-0.05, 0) is 0 Å². The van der Waals surface area contributed by atoms with Crippen LogP contribution in [0, 0.1) is 0 Å². The van der Waals surface area contributed by atoms with E-state index < -0.39 is 31.7 Å². The first-order valence-electron chi connectivity index (χ1n) is 3.58. The highest BCUT2D eigenvalue weighted by Crippen LogP contribution is 2.11. The third-order valence-corrected chi connectivity index (χ3v) is 1.18. The molecule has 0 atom stereocenters. The van der Waals surface area contributed by atoms with Crippen LogP contribution in [0.3, 0.4) is 0 Å². The summed E-state index contributed by atoms with van der Waals surface area (Å²) < 4.78 is 51.0. The molecule has 0 aliphatic carbocycles. The quantitative estimate of drug-likeness (QED) is 0.484. The summed E-state index contributed by atoms with van der Waals surface area (Å²) in [5, 5.41) is 9.92. The van der Waals surface area contributed by atoms with E-state index in [9.17, 15) is 22.4 Å². The van der Waals surface area contributed by atoms with Crippen LogP contribution in [0.1, 0.15) is 0 Å². The van der Waals surface area contributed by atoms with Crippen molar-refractivity contribution in [3.63, 3.8) is 0 Å². The standard InChI is InChI=1S/C6H9F4NO3/c7-5(8)14-2-1-11-3-6(9,10)4(12)13/h5,11H,1-3H2,(H,12,13). The van der Waals surface area contributed by atoms with Crippen LogP contribution in [0.4, 0.5) is 17.6 Å². The highest BCUT2D eigenvalue weighted by Gasteiger charge is 2.37. The number of halogens is 4. The summed E-state index contributed by atoms with van der Waals surface area (Å²) >= 11 is 0. The Hall–Kier alpha value is -0.890. The highest BCUT2D eigenvalue weighted by molar-refractivity contribution is 5.75. The van der Waals surface area contributed by atoms with Crippen LogP contribution in [0.2, 0.25) is 0 Å². The van der Waals surface area contributed by atoms with Gasteiger partial charge in [0.1, 0.15) is 0 Å². The average molecular weight is 219 g/mol. The first-order chi connectivity index (χ1) is 6.36. The van der Waals surface area contributed by atoms with Crippen molar-refractivity contribution in [2.75, 3.05) is 19.7 Å². The van der Waals surface area contributed by atoms with Gasteiger partial charge in [-0.3, -0.25) is 0 Å². The second kappa shape index (κ2) is 5.76. The van der Waals surface area contributed by atoms with Gasteiger partial charge in [0.05, 0.1) is 13.2 Å². The predicted molar refractivity (Wildman–Crippen MR) is 37.4 cm³/mol. The molecule has 0 amide bonds. The van der Waals surface area contributed by atoms with E-state index >= 15 is 0 Å². The third kappa shape index (κ3) is 5.70. The molecule has 0 aromatic heterocycles. The van der Waals surface area contributed by atoms with Crippen LogP contribution in [0.5, 0.6) is 0 Å². The van der Waals surface area contributed by atoms with Gasteiger partial charge in [-0.25, -0.2) is 4.79 Å². The largest absolute Gasteiger partial charge is 0.477 e. The van der Waals surface area contributed by atoms with Gasteiger partial charge in [0.2, 0.25) is 0 Å². The van der Waals surface area contributed by atoms with Crippen molar-refractivity contribution in [2.45, 2.75) is 12.5 Å². The number of ether oxygens (including phenoxy) is 1. The van der Waals surface area contributed by atoms with E-state index in [1.54, 1.807) is 0 Å². The molecular weight excluding hydrogens is 210 g/mol. The fourth-order valence-electron chi connectivity index (χ4n) is 0.541. The molecule has 0 aromatic rings. The van der Waals surface area contributed by atoms with Gasteiger partial charge in [0, 0.05) is 6.54 Å². The number of nitrogens with one attached hydrogen (secondary N) is 1. The van der Waals surface area contributed by atoms with E-state index in [2.05, 4.69) is 4.74 Å². The lowest BCUT2D eigenvalue weighted by molar-refractivity contribution is -0.164. The zero-order valence-electron chi connectivity index (χ0n) is 6.97. The summed E-state index contributed by atoms with van der Waals surface area (Å²) in [7, 11) is 0. The number of carbonyl (C=O) groups is 1. The summed E-state index contributed by atoms with van der Waals surface area (Å²) in [4.78, 5) is 9.85. The van der Waals surface area contributed by atoms with E-state index in [4.69, 9.17) is 5.11 Å². The molecule has 0 fully saturated rings. The van der Waals surface area contributed by atoms with E-state index in [1.807, 2.05) is 5.32 Å². The van der Waals surface area contributed by atoms with Gasteiger partial charge >= 0.3 is 18.5 Å². The maximum absolute atomic E-state index is 12.3. The van der Waals surface area contributed by atoms with Crippen molar-refractivity contribution in [3.05, 3.63) is 0 Å². The fourth-order valence-corrected chi connectivity index (χ4v) is 0.541. The number of rotatable bonds is 7. The fraction of sp³-hybridized carbons (Fsp3) is 0.833. The van der Waals surface area contributed by atoms with E-state index in [0.29, 0.717) is 0 Å². The lowest BCUT2D eigenvalue weighted by atomic mass is 10.3. The monoisotopic (exact) mass is 219 g/mol. The Bertz CT molecular complexity index is 188. The van der Waals surface area contributed by atoms with Crippen LogP contribution in [-0.4, -0.2) is 43.3 Å². The van der Waals surface area contributed by atoms with Crippen LogP contribution in [0.25, 0.3) is 0 Å². The highest BCUT2D eigenvalue weighted by atomic mass is 19.3. The molecule has 0 spiro atoms. The summed E-state index contributed by atoms with van der Waals surface area (Å²) in [5.74, 6) is -6.16. The molecule has 0 radical (unpaired) electrons. The molecule has 0 aliphatic heterocycles. The molecule has 0 rings (SSSR count). The topological polar surface area (TPSA) is 58.6 Å². The zero-order chi connectivity index (χ0) is 11.2. The summed E-state index contributed by atoms with van der Waals surface area (Å²) in [6, 6.07) is 0. The summed E-state index contributed by atoms with van der Waals surface area (Å²) in [6.45, 7) is -4.81. The molecule has 4 nitrogen and oxygen atoms in total. The number of carboxylic acids is 1. The van der Waals surface area contributed by atoms with Gasteiger partial charge in [-0.1, -0.05) is 0 Å². The van der Waals surface area contributed by atoms with Crippen molar-refractivity contribution < 1.29 is 32.2 Å². The van der Waals surface area contributed by atoms with Gasteiger partial charge in [0.15, 0.2) is 0 Å². The van der Waals surface area contributed by atoms with Crippen molar-refractivity contribution in [1.29, 1.82) is 0 Å². The maximum atomic E-state index is 12.3. The van der Waals surface area contributed by atoms with Crippen LogP contribution < -0.4 is 5.32 Å². The molecule has 2 N–H and O–H groups in total. The number of hydrogen-bond acceptors (Lipinski definition) is 3. The Balaban J connectivity index is 3.49. The molecule has 8 heteroatoms. The van der Waals surface area contributed by atoms with Crippen molar-refractivity contribution in [3.8, 4) is 0 Å². The van der Waals surface area contributed by atoms with Crippen LogP contribution in [0.15, 0.2) is 0 Å². The van der Waals surface area contributed by atoms with E-state index in [-0.39, 0.29) is 6.54 Å². The number of carboxylic acid groups (broad SMARTS) is 1. The normalized spacial score (nSPS) is 12.1. The molecule has 0 bridgehead atoms. The van der Waals surface area contributed by atoms with E-state index in [0.717, 1.165) is 0 Å². The SMILES string of the molecule is O=C(O)C(F)(F)CNCCOC(F)F. The average Bonchev–Trinajstić information content (AvgIpc) is 2.02. The minimum absolute atomic E-state index is 0.271. The molecule has 14 heavy (non-hydrogen) atoms. The summed E-state index contributed by atoms with van der Waals surface area (Å²) in [6.07, 6.45) is 0. The van der Waals surface area contributed by atoms with Crippen LogP contribution >= 0.6 is 0 Å². The Kier molecular flexibility index (Phi) is 5.39. The second-order valence-corrected chi connectivity index (χ2v) is 2.32. The molecule has 84 valence electrons. The first kappa shape index (κ1) is 13.1. The molecule has 0 heterocycles. The molecule has 0 aliphatic rings. The molecule has 0 saturated carbocycles. The Labute approximate surface area is 76.8 Å². The Morgan fingerprint density at radius 3 is 2.50 bits per heavy atom. The predicted octanol–water partition coefficient (Wildman–Crippen LogP) is 0.535. The lowest BCUT2D eigenvalue weighted by Crippen LogP contribution is -2.40. The second-order valence-electron chi connectivity index (χ2n) is 2.32. The van der Waals surface area contributed by atoms with Gasteiger partial charge < -0.3 is 15.2 Å².